The van der Waals surface area contributed by atoms with E-state index >= 15 is 0 Å². The number of hydrogen-bond donors (Lipinski definition) is 1. The molecular weight excluding hydrogens is 288 g/mol. The summed E-state index contributed by atoms with van der Waals surface area (Å²) in [5.41, 5.74) is 4.17. The van der Waals surface area contributed by atoms with Gasteiger partial charge in [-0.2, -0.15) is 0 Å². The number of aryl methyl sites for hydroxylation is 2. The molecule has 3 rings (SSSR count). The SMILES string of the molecule is Cc1cccc(NC(=O)c2cc(-c3cnccc3C)ccn2)n1. The highest BCUT2D eigenvalue weighted by Gasteiger charge is 2.11. The van der Waals surface area contributed by atoms with Gasteiger partial charge in [0.2, 0.25) is 0 Å². The second kappa shape index (κ2) is 6.36. The number of carbonyl (C=O) groups excluding carboxylic acids is 1. The molecule has 1 amide bonds. The Balaban J connectivity index is 1.88. The van der Waals surface area contributed by atoms with Crippen LogP contribution >= 0.6 is 0 Å². The van der Waals surface area contributed by atoms with Crippen LogP contribution in [-0.4, -0.2) is 20.9 Å². The summed E-state index contributed by atoms with van der Waals surface area (Å²) in [5.74, 6) is 0.228. The number of pyridine rings is 3. The molecular formula is C18H16N4O. The Morgan fingerprint density at radius 1 is 1.09 bits per heavy atom. The topological polar surface area (TPSA) is 67.8 Å². The molecule has 0 aliphatic rings. The highest BCUT2D eigenvalue weighted by Crippen LogP contribution is 2.22. The lowest BCUT2D eigenvalue weighted by molar-refractivity contribution is 0.102. The summed E-state index contributed by atoms with van der Waals surface area (Å²) >= 11 is 0. The monoisotopic (exact) mass is 304 g/mol. The number of nitrogens with zero attached hydrogens (tertiary/aromatic N) is 3. The largest absolute Gasteiger partial charge is 0.305 e. The predicted octanol–water partition coefficient (Wildman–Crippen LogP) is 3.41. The van der Waals surface area contributed by atoms with Crippen LogP contribution in [0.4, 0.5) is 5.82 Å². The van der Waals surface area contributed by atoms with Crippen LogP contribution in [0.1, 0.15) is 21.7 Å². The fourth-order valence-corrected chi connectivity index (χ4v) is 2.28. The maximum Gasteiger partial charge on any atom is 0.275 e. The van der Waals surface area contributed by atoms with Crippen LogP contribution in [0.15, 0.2) is 55.0 Å². The van der Waals surface area contributed by atoms with E-state index in [1.54, 1.807) is 30.7 Å². The average molecular weight is 304 g/mol. The highest BCUT2D eigenvalue weighted by atomic mass is 16.1. The zero-order chi connectivity index (χ0) is 16.2. The van der Waals surface area contributed by atoms with Crippen molar-refractivity contribution in [2.75, 3.05) is 5.32 Å². The first-order chi connectivity index (χ1) is 11.1. The van der Waals surface area contributed by atoms with Crippen LogP contribution in [0, 0.1) is 13.8 Å². The molecule has 23 heavy (non-hydrogen) atoms. The molecule has 0 atom stereocenters. The van der Waals surface area contributed by atoms with E-state index in [9.17, 15) is 4.79 Å². The van der Waals surface area contributed by atoms with Crippen LogP contribution in [-0.2, 0) is 0 Å². The first-order valence-electron chi connectivity index (χ1n) is 7.25. The normalized spacial score (nSPS) is 10.3. The van der Waals surface area contributed by atoms with E-state index in [2.05, 4.69) is 20.3 Å². The van der Waals surface area contributed by atoms with Crippen molar-refractivity contribution in [1.82, 2.24) is 15.0 Å². The Bertz CT molecular complexity index is 861. The minimum atomic E-state index is -0.286. The van der Waals surface area contributed by atoms with E-state index in [4.69, 9.17) is 0 Å². The van der Waals surface area contributed by atoms with Crippen LogP contribution in [0.3, 0.4) is 0 Å². The first-order valence-corrected chi connectivity index (χ1v) is 7.25. The van der Waals surface area contributed by atoms with Gasteiger partial charge in [0.1, 0.15) is 11.5 Å². The summed E-state index contributed by atoms with van der Waals surface area (Å²) in [6, 6.07) is 11.0. The van der Waals surface area contributed by atoms with Crippen molar-refractivity contribution in [2.24, 2.45) is 0 Å². The third-order valence-corrected chi connectivity index (χ3v) is 3.47. The van der Waals surface area contributed by atoms with E-state index < -0.39 is 0 Å². The van der Waals surface area contributed by atoms with E-state index in [1.165, 1.54) is 0 Å². The van der Waals surface area contributed by atoms with Gasteiger partial charge in [-0.3, -0.25) is 14.8 Å². The van der Waals surface area contributed by atoms with Crippen molar-refractivity contribution < 1.29 is 4.79 Å². The minimum absolute atomic E-state index is 0.286. The summed E-state index contributed by atoms with van der Waals surface area (Å²) in [7, 11) is 0. The number of rotatable bonds is 3. The summed E-state index contributed by atoms with van der Waals surface area (Å²) < 4.78 is 0. The zero-order valence-electron chi connectivity index (χ0n) is 12.9. The van der Waals surface area contributed by atoms with Crippen LogP contribution in [0.5, 0.6) is 0 Å². The minimum Gasteiger partial charge on any atom is -0.305 e. The van der Waals surface area contributed by atoms with Gasteiger partial charge in [0, 0.05) is 29.8 Å². The standard InChI is InChI=1S/C18H16N4O/c1-12-6-8-19-11-15(12)14-7-9-20-16(10-14)18(23)22-17-5-3-4-13(2)21-17/h3-11H,1-2H3,(H,21,22,23). The lowest BCUT2D eigenvalue weighted by Crippen LogP contribution is -2.14. The number of aromatic nitrogens is 3. The molecule has 3 aromatic rings. The molecule has 0 aliphatic heterocycles. The van der Waals surface area contributed by atoms with Crippen molar-refractivity contribution in [3.8, 4) is 11.1 Å². The summed E-state index contributed by atoms with van der Waals surface area (Å²) in [4.78, 5) is 24.9. The molecule has 0 radical (unpaired) electrons. The molecule has 0 unspecified atom stereocenters. The third kappa shape index (κ3) is 3.40. The van der Waals surface area contributed by atoms with Gasteiger partial charge in [0.15, 0.2) is 0 Å². The lowest BCUT2D eigenvalue weighted by atomic mass is 10.0. The molecule has 0 aliphatic carbocycles. The van der Waals surface area contributed by atoms with Crippen LogP contribution < -0.4 is 5.32 Å². The quantitative estimate of drug-likeness (QED) is 0.805. The zero-order valence-corrected chi connectivity index (χ0v) is 12.9. The molecule has 0 spiro atoms. The van der Waals surface area contributed by atoms with Gasteiger partial charge in [0.05, 0.1) is 0 Å². The van der Waals surface area contributed by atoms with Gasteiger partial charge in [-0.25, -0.2) is 4.98 Å². The maximum absolute atomic E-state index is 12.4. The van der Waals surface area contributed by atoms with E-state index in [0.29, 0.717) is 11.5 Å². The molecule has 5 heteroatoms. The molecule has 0 bridgehead atoms. The second-order valence-corrected chi connectivity index (χ2v) is 5.24. The van der Waals surface area contributed by atoms with E-state index in [0.717, 1.165) is 22.4 Å². The molecule has 0 fully saturated rings. The number of carbonyl (C=O) groups is 1. The van der Waals surface area contributed by atoms with Gasteiger partial charge < -0.3 is 5.32 Å². The molecule has 1 N–H and O–H groups in total. The van der Waals surface area contributed by atoms with Gasteiger partial charge in [0.25, 0.3) is 5.91 Å². The smallest absolute Gasteiger partial charge is 0.275 e. The summed E-state index contributed by atoms with van der Waals surface area (Å²) in [5, 5.41) is 2.76. The predicted molar refractivity (Wildman–Crippen MR) is 89.1 cm³/mol. The van der Waals surface area contributed by atoms with Gasteiger partial charge >= 0.3 is 0 Å². The van der Waals surface area contributed by atoms with Gasteiger partial charge in [-0.1, -0.05) is 6.07 Å². The number of hydrogen-bond acceptors (Lipinski definition) is 4. The molecule has 114 valence electrons. The number of nitrogens with one attached hydrogen (secondary N) is 1. The van der Waals surface area contributed by atoms with Crippen molar-refractivity contribution in [3.05, 3.63) is 71.9 Å². The Hall–Kier alpha value is -3.08. The fourth-order valence-electron chi connectivity index (χ4n) is 2.28. The van der Waals surface area contributed by atoms with Crippen molar-refractivity contribution >= 4 is 11.7 Å². The van der Waals surface area contributed by atoms with Crippen molar-refractivity contribution in [2.45, 2.75) is 13.8 Å². The Morgan fingerprint density at radius 2 is 1.96 bits per heavy atom. The molecule has 3 aromatic heterocycles. The van der Waals surface area contributed by atoms with Crippen molar-refractivity contribution in [3.63, 3.8) is 0 Å². The second-order valence-electron chi connectivity index (χ2n) is 5.24. The van der Waals surface area contributed by atoms with Gasteiger partial charge in [-0.05, 0) is 55.3 Å². The fraction of sp³-hybridized carbons (Fsp3) is 0.111. The third-order valence-electron chi connectivity index (χ3n) is 3.47. The number of amides is 1. The summed E-state index contributed by atoms with van der Waals surface area (Å²) in [6.07, 6.45) is 5.16. The first kappa shape index (κ1) is 14.8. The van der Waals surface area contributed by atoms with E-state index in [1.807, 2.05) is 38.1 Å². The summed E-state index contributed by atoms with van der Waals surface area (Å²) in [6.45, 7) is 3.88. The van der Waals surface area contributed by atoms with E-state index in [-0.39, 0.29) is 5.91 Å². The van der Waals surface area contributed by atoms with Gasteiger partial charge in [-0.15, -0.1) is 0 Å². The molecule has 3 heterocycles. The number of anilines is 1. The Kier molecular flexibility index (Phi) is 4.10. The molecule has 0 saturated heterocycles. The highest BCUT2D eigenvalue weighted by molar-refractivity contribution is 6.03. The lowest BCUT2D eigenvalue weighted by Gasteiger charge is -2.08. The molecule has 0 aromatic carbocycles. The average Bonchev–Trinajstić information content (AvgIpc) is 2.55. The Labute approximate surface area is 134 Å². The van der Waals surface area contributed by atoms with Crippen LogP contribution in [0.2, 0.25) is 0 Å². The maximum atomic E-state index is 12.4. The van der Waals surface area contributed by atoms with Crippen molar-refractivity contribution in [1.29, 1.82) is 0 Å². The molecule has 0 saturated carbocycles. The Morgan fingerprint density at radius 3 is 2.74 bits per heavy atom. The van der Waals surface area contributed by atoms with Crippen LogP contribution in [0.25, 0.3) is 11.1 Å². The molecule has 5 nitrogen and oxygen atoms in total.